The average Bonchev–Trinajstić information content (AvgIpc) is 3.02. The first-order chi connectivity index (χ1) is 7.21. The smallest absolute Gasteiger partial charge is 0.221 e. The van der Waals surface area contributed by atoms with Crippen LogP contribution in [0.25, 0.3) is 0 Å². The van der Waals surface area contributed by atoms with Gasteiger partial charge in [-0.2, -0.15) is 0 Å². The summed E-state index contributed by atoms with van der Waals surface area (Å²) in [5.74, 6) is 1.31. The van der Waals surface area contributed by atoms with Crippen molar-refractivity contribution in [2.45, 2.75) is 25.3 Å². The Balaban J connectivity index is 2.21. The zero-order valence-corrected chi connectivity index (χ0v) is 8.95. The second-order valence-corrected chi connectivity index (χ2v) is 3.92. The van der Waals surface area contributed by atoms with Crippen molar-refractivity contribution >= 4 is 5.82 Å². The molecule has 0 aromatic carbocycles. The molecular formula is C10H15N3O2. The lowest BCUT2D eigenvalue weighted by molar-refractivity contribution is 0.266. The first-order valence-electron chi connectivity index (χ1n) is 4.95. The summed E-state index contributed by atoms with van der Waals surface area (Å²) in [6.07, 6.45) is 3.42. The molecule has 0 aliphatic heterocycles. The molecule has 0 atom stereocenters. The number of aromatic nitrogens is 2. The van der Waals surface area contributed by atoms with Crippen molar-refractivity contribution in [3.05, 3.63) is 11.9 Å². The molecule has 2 rings (SSSR count). The molecule has 1 heterocycles. The lowest BCUT2D eigenvalue weighted by Crippen LogP contribution is -2.26. The number of methoxy groups -OCH3 is 1. The van der Waals surface area contributed by atoms with Crippen molar-refractivity contribution in [3.8, 4) is 5.88 Å². The zero-order chi connectivity index (χ0) is 10.9. The van der Waals surface area contributed by atoms with Crippen LogP contribution in [0.3, 0.4) is 0 Å². The van der Waals surface area contributed by atoms with E-state index in [-0.39, 0.29) is 12.1 Å². The molecule has 82 valence electrons. The molecule has 5 heteroatoms. The minimum Gasteiger partial charge on any atom is -0.481 e. The van der Waals surface area contributed by atoms with E-state index < -0.39 is 0 Å². The Morgan fingerprint density at radius 1 is 1.53 bits per heavy atom. The van der Waals surface area contributed by atoms with Crippen LogP contribution in [0.15, 0.2) is 6.33 Å². The van der Waals surface area contributed by atoms with Gasteiger partial charge in [0.1, 0.15) is 12.1 Å². The molecule has 1 saturated carbocycles. The Hall–Kier alpha value is -1.36. The summed E-state index contributed by atoms with van der Waals surface area (Å²) < 4.78 is 5.10. The highest BCUT2D eigenvalue weighted by Crippen LogP contribution is 2.39. The normalized spacial score (nSPS) is 17.3. The summed E-state index contributed by atoms with van der Waals surface area (Å²) in [5, 5.41) is 12.4. The monoisotopic (exact) mass is 209 g/mol. The van der Waals surface area contributed by atoms with Gasteiger partial charge in [0.05, 0.1) is 24.8 Å². The van der Waals surface area contributed by atoms with Crippen LogP contribution in [0.1, 0.15) is 18.4 Å². The lowest BCUT2D eigenvalue weighted by Gasteiger charge is -2.17. The van der Waals surface area contributed by atoms with E-state index in [1.807, 2.05) is 6.92 Å². The van der Waals surface area contributed by atoms with Crippen molar-refractivity contribution in [1.29, 1.82) is 0 Å². The number of hydrogen-bond donors (Lipinski definition) is 2. The standard InChI is InChI=1S/C10H15N3O2/c1-7-8(11-6-12-9(7)15-2)13-10(5-14)3-4-10/h6,14H,3-5H2,1-2H3,(H,11,12,13). The van der Waals surface area contributed by atoms with Crippen molar-refractivity contribution < 1.29 is 9.84 Å². The van der Waals surface area contributed by atoms with Crippen LogP contribution in [0.2, 0.25) is 0 Å². The molecule has 0 unspecified atom stereocenters. The molecule has 0 bridgehead atoms. The Kier molecular flexibility index (Phi) is 2.48. The molecule has 0 radical (unpaired) electrons. The van der Waals surface area contributed by atoms with Crippen LogP contribution >= 0.6 is 0 Å². The van der Waals surface area contributed by atoms with Gasteiger partial charge in [0.25, 0.3) is 0 Å². The maximum absolute atomic E-state index is 9.20. The SMILES string of the molecule is COc1ncnc(NC2(CO)CC2)c1C. The summed E-state index contributed by atoms with van der Waals surface area (Å²) >= 11 is 0. The molecule has 0 saturated heterocycles. The maximum Gasteiger partial charge on any atom is 0.221 e. The molecule has 0 spiro atoms. The summed E-state index contributed by atoms with van der Waals surface area (Å²) in [7, 11) is 1.58. The number of aliphatic hydroxyl groups is 1. The van der Waals surface area contributed by atoms with Crippen molar-refractivity contribution in [2.75, 3.05) is 19.0 Å². The highest BCUT2D eigenvalue weighted by molar-refractivity contribution is 5.50. The number of ether oxygens (including phenoxy) is 1. The predicted octanol–water partition coefficient (Wildman–Crippen LogP) is 0.730. The van der Waals surface area contributed by atoms with E-state index in [1.165, 1.54) is 6.33 Å². The van der Waals surface area contributed by atoms with Crippen LogP contribution in [-0.4, -0.2) is 34.3 Å². The summed E-state index contributed by atoms with van der Waals surface area (Å²) in [6.45, 7) is 2.04. The van der Waals surface area contributed by atoms with E-state index in [0.29, 0.717) is 5.88 Å². The van der Waals surface area contributed by atoms with E-state index in [1.54, 1.807) is 7.11 Å². The topological polar surface area (TPSA) is 67.3 Å². The molecular weight excluding hydrogens is 194 g/mol. The van der Waals surface area contributed by atoms with Crippen molar-refractivity contribution in [3.63, 3.8) is 0 Å². The predicted molar refractivity (Wildman–Crippen MR) is 56.0 cm³/mol. The molecule has 1 aliphatic rings. The van der Waals surface area contributed by atoms with Crippen LogP contribution in [0.4, 0.5) is 5.82 Å². The molecule has 1 fully saturated rings. The second kappa shape index (κ2) is 3.66. The minimum atomic E-state index is -0.163. The number of anilines is 1. The van der Waals surface area contributed by atoms with Gasteiger partial charge in [0.2, 0.25) is 5.88 Å². The number of hydrogen-bond acceptors (Lipinski definition) is 5. The molecule has 1 aliphatic carbocycles. The molecule has 0 amide bonds. The summed E-state index contributed by atoms with van der Waals surface area (Å²) in [4.78, 5) is 8.14. The Morgan fingerprint density at radius 3 is 2.80 bits per heavy atom. The third-order valence-electron chi connectivity index (χ3n) is 2.77. The van der Waals surface area contributed by atoms with Crippen LogP contribution in [-0.2, 0) is 0 Å². The van der Waals surface area contributed by atoms with Gasteiger partial charge in [0.15, 0.2) is 0 Å². The van der Waals surface area contributed by atoms with Gasteiger partial charge in [-0.25, -0.2) is 9.97 Å². The fourth-order valence-electron chi connectivity index (χ4n) is 1.49. The second-order valence-electron chi connectivity index (χ2n) is 3.92. The molecule has 1 aromatic rings. The Morgan fingerprint density at radius 2 is 2.27 bits per heavy atom. The van der Waals surface area contributed by atoms with Crippen LogP contribution in [0.5, 0.6) is 5.88 Å². The quantitative estimate of drug-likeness (QED) is 0.765. The third-order valence-corrected chi connectivity index (χ3v) is 2.77. The number of aliphatic hydroxyl groups excluding tert-OH is 1. The van der Waals surface area contributed by atoms with Gasteiger partial charge in [-0.3, -0.25) is 0 Å². The first kappa shape index (κ1) is 10.2. The van der Waals surface area contributed by atoms with Gasteiger partial charge in [0, 0.05) is 0 Å². The maximum atomic E-state index is 9.20. The molecule has 1 aromatic heterocycles. The van der Waals surface area contributed by atoms with Gasteiger partial charge in [-0.05, 0) is 19.8 Å². The Bertz CT molecular complexity index is 364. The average molecular weight is 209 g/mol. The van der Waals surface area contributed by atoms with Crippen molar-refractivity contribution in [1.82, 2.24) is 9.97 Å². The molecule has 2 N–H and O–H groups in total. The fourth-order valence-corrected chi connectivity index (χ4v) is 1.49. The van der Waals surface area contributed by atoms with E-state index in [2.05, 4.69) is 15.3 Å². The van der Waals surface area contributed by atoms with Crippen LogP contribution < -0.4 is 10.1 Å². The first-order valence-corrected chi connectivity index (χ1v) is 4.95. The minimum absolute atomic E-state index is 0.138. The van der Waals surface area contributed by atoms with Crippen LogP contribution in [0, 0.1) is 6.92 Å². The Labute approximate surface area is 88.5 Å². The third kappa shape index (κ3) is 1.87. The van der Waals surface area contributed by atoms with Gasteiger partial charge >= 0.3 is 0 Å². The van der Waals surface area contributed by atoms with E-state index in [0.717, 1.165) is 24.2 Å². The van der Waals surface area contributed by atoms with Gasteiger partial charge < -0.3 is 15.2 Å². The highest BCUT2D eigenvalue weighted by atomic mass is 16.5. The van der Waals surface area contributed by atoms with E-state index in [9.17, 15) is 5.11 Å². The van der Waals surface area contributed by atoms with Gasteiger partial charge in [-0.1, -0.05) is 0 Å². The number of rotatable bonds is 4. The number of nitrogens with zero attached hydrogens (tertiary/aromatic N) is 2. The van der Waals surface area contributed by atoms with Crippen molar-refractivity contribution in [2.24, 2.45) is 0 Å². The zero-order valence-electron chi connectivity index (χ0n) is 8.95. The lowest BCUT2D eigenvalue weighted by atomic mass is 10.2. The highest BCUT2D eigenvalue weighted by Gasteiger charge is 2.42. The summed E-state index contributed by atoms with van der Waals surface area (Å²) in [6, 6.07) is 0. The van der Waals surface area contributed by atoms with Gasteiger partial charge in [-0.15, -0.1) is 0 Å². The number of nitrogens with one attached hydrogen (secondary N) is 1. The largest absolute Gasteiger partial charge is 0.481 e. The fraction of sp³-hybridized carbons (Fsp3) is 0.600. The summed E-state index contributed by atoms with van der Waals surface area (Å²) in [5.41, 5.74) is 0.712. The molecule has 15 heavy (non-hydrogen) atoms. The molecule has 5 nitrogen and oxygen atoms in total. The van der Waals surface area contributed by atoms with E-state index >= 15 is 0 Å². The van der Waals surface area contributed by atoms with E-state index in [4.69, 9.17) is 4.74 Å².